The number of nitrogens with one attached hydrogen (secondary N) is 2. The summed E-state index contributed by atoms with van der Waals surface area (Å²) in [6.07, 6.45) is 0. The topological polar surface area (TPSA) is 79.9 Å². The lowest BCUT2D eigenvalue weighted by molar-refractivity contribution is -0.122. The molecule has 0 aliphatic carbocycles. The predicted molar refractivity (Wildman–Crippen MR) is 116 cm³/mol. The second-order valence-corrected chi connectivity index (χ2v) is 7.33. The lowest BCUT2D eigenvalue weighted by Crippen LogP contribution is -2.33. The fraction of sp³-hybridized carbons (Fsp3) is 0.208. The van der Waals surface area contributed by atoms with Gasteiger partial charge >= 0.3 is 0 Å². The molecule has 0 aliphatic heterocycles. The van der Waals surface area contributed by atoms with Gasteiger partial charge in [-0.1, -0.05) is 54.6 Å². The van der Waals surface area contributed by atoms with Crippen LogP contribution >= 0.6 is 0 Å². The number of aryl methyl sites for hydroxylation is 1. The number of aromatic amines is 1. The Morgan fingerprint density at radius 2 is 1.73 bits per heavy atom. The Bertz CT molecular complexity index is 1170. The Morgan fingerprint density at radius 3 is 2.43 bits per heavy atom. The lowest BCUT2D eigenvalue weighted by atomic mass is 9.96. The Morgan fingerprint density at radius 1 is 1.00 bits per heavy atom. The molecule has 0 bridgehead atoms. The first-order valence-electron chi connectivity index (χ1n) is 9.87. The minimum absolute atomic E-state index is 0.0841. The van der Waals surface area contributed by atoms with E-state index in [1.165, 1.54) is 0 Å². The maximum absolute atomic E-state index is 13.1. The molecule has 0 spiro atoms. The van der Waals surface area contributed by atoms with Crippen molar-refractivity contribution in [3.8, 4) is 5.75 Å². The number of nitrogens with zero attached hydrogens (tertiary/aromatic N) is 2. The van der Waals surface area contributed by atoms with E-state index < -0.39 is 6.04 Å². The zero-order valence-electron chi connectivity index (χ0n) is 17.2. The van der Waals surface area contributed by atoms with Gasteiger partial charge in [-0.15, -0.1) is 0 Å². The van der Waals surface area contributed by atoms with Crippen LogP contribution in [-0.4, -0.2) is 28.2 Å². The minimum Gasteiger partial charge on any atom is -0.497 e. The van der Waals surface area contributed by atoms with Crippen molar-refractivity contribution in [1.82, 2.24) is 20.5 Å². The van der Waals surface area contributed by atoms with Crippen LogP contribution in [0.5, 0.6) is 5.75 Å². The number of aromatic nitrogens is 3. The number of fused-ring (bicyclic) bond motifs is 1. The van der Waals surface area contributed by atoms with Crippen LogP contribution in [0.25, 0.3) is 10.8 Å². The molecule has 0 saturated heterocycles. The molecule has 4 aromatic rings. The van der Waals surface area contributed by atoms with Crippen molar-refractivity contribution in [3.63, 3.8) is 0 Å². The number of carbonyl (C=O) groups excluding carboxylic acids is 1. The van der Waals surface area contributed by atoms with Gasteiger partial charge in [-0.25, -0.2) is 4.98 Å². The van der Waals surface area contributed by atoms with E-state index in [1.54, 1.807) is 7.11 Å². The maximum atomic E-state index is 13.1. The minimum atomic E-state index is -0.421. The zero-order valence-corrected chi connectivity index (χ0v) is 17.2. The summed E-state index contributed by atoms with van der Waals surface area (Å²) in [6, 6.07) is 21.3. The van der Waals surface area contributed by atoms with Crippen molar-refractivity contribution in [1.29, 1.82) is 0 Å². The van der Waals surface area contributed by atoms with E-state index in [9.17, 15) is 4.79 Å². The van der Waals surface area contributed by atoms with Gasteiger partial charge in [0.25, 0.3) is 0 Å². The van der Waals surface area contributed by atoms with Crippen molar-refractivity contribution < 1.29 is 9.53 Å². The summed E-state index contributed by atoms with van der Waals surface area (Å²) in [5, 5.41) is 12.4. The Labute approximate surface area is 175 Å². The molecular formula is C24H24N4O2. The van der Waals surface area contributed by atoms with Gasteiger partial charge in [-0.3, -0.25) is 9.89 Å². The van der Waals surface area contributed by atoms with Crippen LogP contribution in [-0.2, 0) is 4.79 Å². The predicted octanol–water partition coefficient (Wildman–Crippen LogP) is 4.28. The molecule has 0 radical (unpaired) electrons. The third-order valence-electron chi connectivity index (χ3n) is 5.26. The molecule has 152 valence electrons. The van der Waals surface area contributed by atoms with Crippen molar-refractivity contribution in [2.75, 3.05) is 7.11 Å². The molecule has 6 heteroatoms. The summed E-state index contributed by atoms with van der Waals surface area (Å²) in [5.41, 5.74) is 1.88. The summed E-state index contributed by atoms with van der Waals surface area (Å²) in [7, 11) is 1.65. The average molecular weight is 400 g/mol. The summed E-state index contributed by atoms with van der Waals surface area (Å²) >= 11 is 0. The molecule has 30 heavy (non-hydrogen) atoms. The normalized spacial score (nSPS) is 13.0. The van der Waals surface area contributed by atoms with Gasteiger partial charge in [0.1, 0.15) is 17.6 Å². The molecule has 1 heterocycles. The Kier molecular flexibility index (Phi) is 5.48. The SMILES string of the molecule is COc1ccc2cc([C@H](C)C(=O)NC(c3ccccc3)c3n[nH]c(C)n3)ccc2c1. The Balaban J connectivity index is 1.60. The van der Waals surface area contributed by atoms with E-state index in [-0.39, 0.29) is 11.8 Å². The first-order chi connectivity index (χ1) is 14.5. The van der Waals surface area contributed by atoms with Crippen LogP contribution in [0.15, 0.2) is 66.7 Å². The van der Waals surface area contributed by atoms with E-state index >= 15 is 0 Å². The van der Waals surface area contributed by atoms with Crippen LogP contribution in [0.1, 0.15) is 41.7 Å². The fourth-order valence-electron chi connectivity index (χ4n) is 3.49. The summed E-state index contributed by atoms with van der Waals surface area (Å²) in [4.78, 5) is 17.6. The average Bonchev–Trinajstić information content (AvgIpc) is 3.22. The van der Waals surface area contributed by atoms with Crippen molar-refractivity contribution in [2.24, 2.45) is 0 Å². The third-order valence-corrected chi connectivity index (χ3v) is 5.26. The quantitative estimate of drug-likeness (QED) is 0.506. The fourth-order valence-corrected chi connectivity index (χ4v) is 3.49. The molecule has 3 aromatic carbocycles. The van der Waals surface area contributed by atoms with Crippen molar-refractivity contribution in [2.45, 2.75) is 25.8 Å². The van der Waals surface area contributed by atoms with Gasteiger partial charge < -0.3 is 10.1 Å². The van der Waals surface area contributed by atoms with Crippen LogP contribution in [0.4, 0.5) is 0 Å². The second-order valence-electron chi connectivity index (χ2n) is 7.33. The highest BCUT2D eigenvalue weighted by molar-refractivity contribution is 5.88. The van der Waals surface area contributed by atoms with Crippen molar-refractivity contribution >= 4 is 16.7 Å². The number of H-pyrrole nitrogens is 1. The summed E-state index contributed by atoms with van der Waals surface area (Å²) in [6.45, 7) is 3.75. The number of rotatable bonds is 6. The van der Waals surface area contributed by atoms with Gasteiger partial charge in [-0.05, 0) is 47.9 Å². The van der Waals surface area contributed by atoms with E-state index in [0.29, 0.717) is 11.6 Å². The molecule has 4 rings (SSSR count). The number of benzene rings is 3. The number of ether oxygens (including phenoxy) is 1. The van der Waals surface area contributed by atoms with E-state index in [4.69, 9.17) is 4.74 Å². The van der Waals surface area contributed by atoms with Gasteiger partial charge in [0.15, 0.2) is 5.82 Å². The molecule has 6 nitrogen and oxygen atoms in total. The van der Waals surface area contributed by atoms with Crippen molar-refractivity contribution in [3.05, 3.63) is 89.5 Å². The monoisotopic (exact) mass is 400 g/mol. The van der Waals surface area contributed by atoms with Gasteiger partial charge in [-0.2, -0.15) is 5.10 Å². The molecule has 2 N–H and O–H groups in total. The lowest BCUT2D eigenvalue weighted by Gasteiger charge is -2.20. The molecular weight excluding hydrogens is 376 g/mol. The Hall–Kier alpha value is -3.67. The van der Waals surface area contributed by atoms with Crippen LogP contribution < -0.4 is 10.1 Å². The maximum Gasteiger partial charge on any atom is 0.228 e. The van der Waals surface area contributed by atoms with Gasteiger partial charge in [0, 0.05) is 0 Å². The number of hydrogen-bond acceptors (Lipinski definition) is 4. The number of hydrogen-bond donors (Lipinski definition) is 2. The molecule has 1 unspecified atom stereocenters. The van der Waals surface area contributed by atoms with E-state index in [0.717, 1.165) is 27.6 Å². The summed E-state index contributed by atoms with van der Waals surface area (Å²) in [5.74, 6) is 1.65. The molecule has 0 saturated carbocycles. The van der Waals surface area contributed by atoms with Gasteiger partial charge in [0.05, 0.1) is 13.0 Å². The zero-order chi connectivity index (χ0) is 21.1. The largest absolute Gasteiger partial charge is 0.497 e. The molecule has 1 aromatic heterocycles. The van der Waals surface area contributed by atoms with Crippen LogP contribution in [0.3, 0.4) is 0 Å². The number of amides is 1. The highest BCUT2D eigenvalue weighted by atomic mass is 16.5. The highest BCUT2D eigenvalue weighted by Gasteiger charge is 2.24. The standard InChI is InChI=1S/C24H24N4O2/c1-15(18-9-10-20-14-21(30-3)12-11-19(20)13-18)24(29)26-22(17-7-5-4-6-8-17)23-25-16(2)27-28-23/h4-15,22H,1-3H3,(H,26,29)(H,25,27,28)/t15-,22?/m0/s1. The first kappa shape index (κ1) is 19.6. The van der Waals surface area contributed by atoms with E-state index in [1.807, 2.05) is 80.6 Å². The van der Waals surface area contributed by atoms with Crippen LogP contribution in [0.2, 0.25) is 0 Å². The molecule has 1 amide bonds. The smallest absolute Gasteiger partial charge is 0.228 e. The molecule has 0 fully saturated rings. The molecule has 2 atom stereocenters. The third kappa shape index (κ3) is 4.03. The number of methoxy groups -OCH3 is 1. The van der Waals surface area contributed by atoms with Crippen LogP contribution in [0, 0.1) is 6.92 Å². The first-order valence-corrected chi connectivity index (χ1v) is 9.87. The number of carbonyl (C=O) groups is 1. The summed E-state index contributed by atoms with van der Waals surface area (Å²) < 4.78 is 5.29. The van der Waals surface area contributed by atoms with Gasteiger partial charge in [0.2, 0.25) is 5.91 Å². The second kappa shape index (κ2) is 8.37. The highest BCUT2D eigenvalue weighted by Crippen LogP contribution is 2.26. The van der Waals surface area contributed by atoms with E-state index in [2.05, 4.69) is 20.5 Å². The molecule has 0 aliphatic rings.